The van der Waals surface area contributed by atoms with Gasteiger partial charge < -0.3 is 5.43 Å². The summed E-state index contributed by atoms with van der Waals surface area (Å²) in [5.41, 5.74) is 7.23. The molecule has 0 fully saturated rings. The fraction of sp³-hybridized carbons (Fsp3) is 0.105. The molecular formula is C19H19N3O3S. The molecule has 3 aromatic rings. The first kappa shape index (κ1) is 18.1. The van der Waals surface area contributed by atoms with Gasteiger partial charge in [0, 0.05) is 24.2 Å². The Morgan fingerprint density at radius 2 is 1.62 bits per heavy atom. The van der Waals surface area contributed by atoms with Gasteiger partial charge in [-0.1, -0.05) is 36.4 Å². The molecule has 0 unspecified atom stereocenters. The molecule has 0 amide bonds. The lowest BCUT2D eigenvalue weighted by Crippen LogP contribution is -2.24. The number of benzene rings is 3. The van der Waals surface area contributed by atoms with Crippen LogP contribution in [0.1, 0.15) is 16.8 Å². The van der Waals surface area contributed by atoms with Crippen molar-refractivity contribution in [1.29, 1.82) is 0 Å². The summed E-state index contributed by atoms with van der Waals surface area (Å²) < 4.78 is 22.4. The van der Waals surface area contributed by atoms with Crippen LogP contribution in [0.3, 0.4) is 0 Å². The Balaban J connectivity index is 1.52. The third-order valence-corrected chi connectivity index (χ3v) is 4.89. The summed E-state index contributed by atoms with van der Waals surface area (Å²) in [6.07, 6.45) is 0.334. The van der Waals surface area contributed by atoms with Gasteiger partial charge >= 0.3 is 0 Å². The third kappa shape index (κ3) is 4.45. The van der Waals surface area contributed by atoms with Crippen LogP contribution in [-0.2, 0) is 10.0 Å². The number of anilines is 1. The quantitative estimate of drug-likeness (QED) is 0.338. The Kier molecular flexibility index (Phi) is 5.32. The number of fused-ring (bicyclic) bond motifs is 1. The molecule has 0 radical (unpaired) electrons. The highest BCUT2D eigenvalue weighted by Gasteiger charge is 2.08. The SMILES string of the molecule is NS(=O)(=O)c1ccc(NNCCC(=O)c2ccc3ccccc3c2)cc1. The van der Waals surface area contributed by atoms with Crippen molar-refractivity contribution in [2.75, 3.05) is 12.0 Å². The predicted molar refractivity (Wildman–Crippen MR) is 102 cm³/mol. The summed E-state index contributed by atoms with van der Waals surface area (Å²) in [4.78, 5) is 12.4. The smallest absolute Gasteiger partial charge is 0.238 e. The van der Waals surface area contributed by atoms with E-state index in [9.17, 15) is 13.2 Å². The lowest BCUT2D eigenvalue weighted by Gasteiger charge is -2.09. The van der Waals surface area contributed by atoms with Crippen molar-refractivity contribution in [3.05, 3.63) is 72.3 Å². The maximum absolute atomic E-state index is 12.3. The zero-order valence-corrected chi connectivity index (χ0v) is 14.8. The van der Waals surface area contributed by atoms with Gasteiger partial charge in [0.2, 0.25) is 10.0 Å². The second-order valence-electron chi connectivity index (χ2n) is 5.86. The lowest BCUT2D eigenvalue weighted by atomic mass is 10.0. The zero-order valence-electron chi connectivity index (χ0n) is 14.0. The Hall–Kier alpha value is -2.74. The highest BCUT2D eigenvalue weighted by atomic mass is 32.2. The molecule has 0 atom stereocenters. The number of sulfonamides is 1. The van der Waals surface area contributed by atoms with Gasteiger partial charge in [0.1, 0.15) is 0 Å². The second-order valence-corrected chi connectivity index (χ2v) is 7.42. The predicted octanol–water partition coefficient (Wildman–Crippen LogP) is 2.68. The number of carbonyl (C=O) groups excluding carboxylic acids is 1. The van der Waals surface area contributed by atoms with E-state index in [1.807, 2.05) is 42.5 Å². The summed E-state index contributed by atoms with van der Waals surface area (Å²) in [7, 11) is -3.70. The van der Waals surface area contributed by atoms with Crippen LogP contribution < -0.4 is 16.0 Å². The summed E-state index contributed by atoms with van der Waals surface area (Å²) in [6.45, 7) is 0.433. The molecule has 134 valence electrons. The molecular weight excluding hydrogens is 350 g/mol. The minimum Gasteiger partial charge on any atom is -0.321 e. The van der Waals surface area contributed by atoms with Crippen molar-refractivity contribution >= 4 is 32.3 Å². The minimum absolute atomic E-state index is 0.0505. The number of hydrogen-bond donors (Lipinski definition) is 3. The van der Waals surface area contributed by atoms with Crippen LogP contribution in [0.15, 0.2) is 71.6 Å². The first-order valence-electron chi connectivity index (χ1n) is 8.07. The van der Waals surface area contributed by atoms with E-state index in [1.165, 1.54) is 12.1 Å². The first-order chi connectivity index (χ1) is 12.4. The highest BCUT2D eigenvalue weighted by molar-refractivity contribution is 7.89. The van der Waals surface area contributed by atoms with Crippen molar-refractivity contribution in [1.82, 2.24) is 5.43 Å². The van der Waals surface area contributed by atoms with Gasteiger partial charge in [-0.15, -0.1) is 0 Å². The second kappa shape index (κ2) is 7.65. The topological polar surface area (TPSA) is 101 Å². The molecule has 0 aromatic heterocycles. The van der Waals surface area contributed by atoms with Gasteiger partial charge in [0.15, 0.2) is 5.78 Å². The van der Waals surface area contributed by atoms with Crippen LogP contribution in [0.4, 0.5) is 5.69 Å². The third-order valence-electron chi connectivity index (χ3n) is 3.96. The van der Waals surface area contributed by atoms with Gasteiger partial charge in [-0.3, -0.25) is 4.79 Å². The van der Waals surface area contributed by atoms with Crippen molar-refractivity contribution in [2.24, 2.45) is 5.14 Å². The molecule has 0 heterocycles. The minimum atomic E-state index is -3.70. The molecule has 0 saturated carbocycles. The average molecular weight is 369 g/mol. The molecule has 0 spiro atoms. The molecule has 7 heteroatoms. The number of hydrazine groups is 1. The number of rotatable bonds is 7. The first-order valence-corrected chi connectivity index (χ1v) is 9.62. The standard InChI is InChI=1S/C19H19N3O3S/c20-26(24,25)18-9-7-17(8-10-18)22-21-12-11-19(23)16-6-5-14-3-1-2-4-15(14)13-16/h1-10,13,21-22H,11-12H2,(H2,20,24,25). The Bertz CT molecular complexity index is 1030. The maximum Gasteiger partial charge on any atom is 0.238 e. The number of Topliss-reactive ketones (excluding diaryl/α,β-unsaturated/α-hetero) is 1. The van der Waals surface area contributed by atoms with Crippen LogP contribution in [-0.4, -0.2) is 20.7 Å². The summed E-state index contributed by atoms with van der Waals surface area (Å²) in [5.74, 6) is 0.0506. The van der Waals surface area contributed by atoms with Crippen LogP contribution in [0, 0.1) is 0 Å². The average Bonchev–Trinajstić information content (AvgIpc) is 2.64. The normalized spacial score (nSPS) is 11.4. The number of primary sulfonamides is 1. The van der Waals surface area contributed by atoms with Crippen molar-refractivity contribution in [2.45, 2.75) is 11.3 Å². The summed E-state index contributed by atoms with van der Waals surface area (Å²) >= 11 is 0. The monoisotopic (exact) mass is 369 g/mol. The molecule has 0 saturated heterocycles. The van der Waals surface area contributed by atoms with Crippen LogP contribution in [0.25, 0.3) is 10.8 Å². The number of nitrogens with one attached hydrogen (secondary N) is 2. The largest absolute Gasteiger partial charge is 0.321 e. The Morgan fingerprint density at radius 1 is 0.923 bits per heavy atom. The molecule has 0 aliphatic rings. The van der Waals surface area contributed by atoms with E-state index >= 15 is 0 Å². The number of ketones is 1. The fourth-order valence-corrected chi connectivity index (χ4v) is 3.09. The van der Waals surface area contributed by atoms with Gasteiger partial charge in [0.25, 0.3) is 0 Å². The molecule has 0 bridgehead atoms. The summed E-state index contributed by atoms with van der Waals surface area (Å²) in [5, 5.41) is 7.19. The molecule has 3 aromatic carbocycles. The lowest BCUT2D eigenvalue weighted by molar-refractivity contribution is 0.0983. The summed E-state index contributed by atoms with van der Waals surface area (Å²) in [6, 6.07) is 19.6. The van der Waals surface area contributed by atoms with E-state index in [0.717, 1.165) is 10.8 Å². The fourth-order valence-electron chi connectivity index (χ4n) is 2.58. The van der Waals surface area contributed by atoms with Gasteiger partial charge in [-0.05, 0) is 41.1 Å². The van der Waals surface area contributed by atoms with E-state index in [4.69, 9.17) is 5.14 Å². The van der Waals surface area contributed by atoms with E-state index in [-0.39, 0.29) is 10.7 Å². The van der Waals surface area contributed by atoms with Crippen molar-refractivity contribution in [3.8, 4) is 0 Å². The maximum atomic E-state index is 12.3. The van der Waals surface area contributed by atoms with Crippen LogP contribution >= 0.6 is 0 Å². The Morgan fingerprint density at radius 3 is 2.31 bits per heavy atom. The molecule has 0 aliphatic carbocycles. The van der Waals surface area contributed by atoms with Crippen LogP contribution in [0.2, 0.25) is 0 Å². The molecule has 26 heavy (non-hydrogen) atoms. The van der Waals surface area contributed by atoms with E-state index in [0.29, 0.717) is 24.2 Å². The molecule has 0 aliphatic heterocycles. The molecule has 4 N–H and O–H groups in total. The molecule has 6 nitrogen and oxygen atoms in total. The molecule has 3 rings (SSSR count). The van der Waals surface area contributed by atoms with E-state index in [2.05, 4.69) is 10.9 Å². The van der Waals surface area contributed by atoms with Gasteiger partial charge in [-0.2, -0.15) is 0 Å². The van der Waals surface area contributed by atoms with Crippen molar-refractivity contribution < 1.29 is 13.2 Å². The van der Waals surface area contributed by atoms with Gasteiger partial charge in [0.05, 0.1) is 4.90 Å². The van der Waals surface area contributed by atoms with E-state index < -0.39 is 10.0 Å². The van der Waals surface area contributed by atoms with Crippen molar-refractivity contribution in [3.63, 3.8) is 0 Å². The number of hydrogen-bond acceptors (Lipinski definition) is 5. The van der Waals surface area contributed by atoms with E-state index in [1.54, 1.807) is 12.1 Å². The van der Waals surface area contributed by atoms with Gasteiger partial charge in [-0.25, -0.2) is 19.0 Å². The van der Waals surface area contributed by atoms with Crippen LogP contribution in [0.5, 0.6) is 0 Å². The Labute approximate surface area is 152 Å². The zero-order chi connectivity index (χ0) is 18.6. The highest BCUT2D eigenvalue weighted by Crippen LogP contribution is 2.16. The number of nitrogens with two attached hydrogens (primary N) is 1. The number of carbonyl (C=O) groups is 1.